The Morgan fingerprint density at radius 1 is 0.745 bits per heavy atom. The van der Waals surface area contributed by atoms with Gasteiger partial charge in [0, 0.05) is 24.2 Å². The van der Waals surface area contributed by atoms with Gasteiger partial charge >= 0.3 is 14.0 Å². The van der Waals surface area contributed by atoms with Crippen LogP contribution in [-0.2, 0) is 25.0 Å². The first-order chi connectivity index (χ1) is 26.2. The standard InChI is InChI=1S/C41H66N3O10P/c1-44(2,3)34-39(54-55(49,50)51)23-19-17-15-13-11-9-7-5-4-6-8-10-12-14-16-18-22-35-25-27-36(28-26-35)42-40(45)24-20-21-33-52-41(46)53-38-31-29-37(30-32-38)43(47)48/h25-32,39H,4-24,33-34H2,1-3H3,(H2-,42,45,49,50,51)/p+1. The van der Waals surface area contributed by atoms with Crippen molar-refractivity contribution in [3.8, 4) is 5.75 Å². The molecule has 0 radical (unpaired) electrons. The summed E-state index contributed by atoms with van der Waals surface area (Å²) >= 11 is 0. The van der Waals surface area contributed by atoms with E-state index in [0.717, 1.165) is 31.4 Å². The van der Waals surface area contributed by atoms with Crippen LogP contribution in [0, 0.1) is 10.1 Å². The number of phosphoric ester groups is 1. The van der Waals surface area contributed by atoms with Gasteiger partial charge in [0.15, 0.2) is 0 Å². The maximum atomic E-state index is 12.3. The third-order valence-corrected chi connectivity index (χ3v) is 9.86. The molecule has 2 rings (SSSR count). The fourth-order valence-electron chi connectivity index (χ4n) is 6.44. The lowest BCUT2D eigenvalue weighted by Gasteiger charge is -2.29. The lowest BCUT2D eigenvalue weighted by Crippen LogP contribution is -2.42. The number of anilines is 1. The third kappa shape index (κ3) is 26.2. The number of carbonyl (C=O) groups excluding carboxylic acids is 2. The maximum absolute atomic E-state index is 12.3. The second-order valence-electron chi connectivity index (χ2n) is 15.5. The van der Waals surface area contributed by atoms with Crippen LogP contribution in [0.1, 0.15) is 134 Å². The van der Waals surface area contributed by atoms with Crippen molar-refractivity contribution < 1.29 is 47.3 Å². The summed E-state index contributed by atoms with van der Waals surface area (Å²) in [6, 6.07) is 13.1. The minimum absolute atomic E-state index is 0.0984. The largest absolute Gasteiger partial charge is 0.513 e. The Bertz CT molecular complexity index is 1410. The van der Waals surface area contributed by atoms with Crippen LogP contribution in [-0.4, -0.2) is 71.7 Å². The summed E-state index contributed by atoms with van der Waals surface area (Å²) in [4.78, 5) is 52.7. The summed E-state index contributed by atoms with van der Waals surface area (Å²) < 4.78 is 26.9. The maximum Gasteiger partial charge on any atom is 0.513 e. The molecule has 0 saturated heterocycles. The first kappa shape index (κ1) is 47.8. The molecule has 1 unspecified atom stereocenters. The second kappa shape index (κ2) is 27.3. The van der Waals surface area contributed by atoms with Gasteiger partial charge in [0.1, 0.15) is 18.4 Å². The Morgan fingerprint density at radius 2 is 1.25 bits per heavy atom. The lowest BCUT2D eigenvalue weighted by atomic mass is 10.0. The van der Waals surface area contributed by atoms with E-state index in [4.69, 9.17) is 14.0 Å². The molecule has 310 valence electrons. The van der Waals surface area contributed by atoms with Crippen LogP contribution in [0.2, 0.25) is 0 Å². The highest BCUT2D eigenvalue weighted by atomic mass is 31.2. The topological polar surface area (TPSA) is 175 Å². The van der Waals surface area contributed by atoms with Crippen molar-refractivity contribution in [2.75, 3.05) is 39.6 Å². The third-order valence-electron chi connectivity index (χ3n) is 9.28. The van der Waals surface area contributed by atoms with Gasteiger partial charge in [0.05, 0.1) is 32.7 Å². The first-order valence-corrected chi connectivity index (χ1v) is 21.8. The SMILES string of the molecule is C[N+](C)(C)CC(CCCCCCCCCCCCCCCCCCc1ccc(NC(=O)CCCCOC(=O)Oc2ccc([N+](=O)[O-])cc2)cc1)OP(=O)(O)O. The van der Waals surface area contributed by atoms with E-state index in [9.17, 15) is 34.1 Å². The van der Waals surface area contributed by atoms with Crippen LogP contribution in [0.5, 0.6) is 5.75 Å². The van der Waals surface area contributed by atoms with E-state index in [-0.39, 0.29) is 24.0 Å². The van der Waals surface area contributed by atoms with Crippen molar-refractivity contribution in [2.24, 2.45) is 0 Å². The van der Waals surface area contributed by atoms with E-state index >= 15 is 0 Å². The number of phosphoric acid groups is 1. The number of hydrogen-bond acceptors (Lipinski definition) is 8. The molecule has 0 aliphatic carbocycles. The fourth-order valence-corrected chi connectivity index (χ4v) is 7.00. The van der Waals surface area contributed by atoms with Crippen LogP contribution in [0.4, 0.5) is 16.2 Å². The van der Waals surface area contributed by atoms with Gasteiger partial charge in [0.25, 0.3) is 5.69 Å². The van der Waals surface area contributed by atoms with Gasteiger partial charge in [-0.1, -0.05) is 108 Å². The molecule has 0 aliphatic rings. The van der Waals surface area contributed by atoms with E-state index in [2.05, 4.69) is 17.4 Å². The Kier molecular flexibility index (Phi) is 23.7. The zero-order valence-corrected chi connectivity index (χ0v) is 34.4. The zero-order chi connectivity index (χ0) is 40.4. The van der Waals surface area contributed by atoms with E-state index in [1.807, 2.05) is 33.3 Å². The number of aryl methyl sites for hydroxylation is 1. The van der Waals surface area contributed by atoms with E-state index in [1.54, 1.807) is 0 Å². The number of carbonyl (C=O) groups is 2. The molecule has 55 heavy (non-hydrogen) atoms. The number of quaternary nitrogens is 1. The van der Waals surface area contributed by atoms with Gasteiger partial charge in [0.2, 0.25) is 5.91 Å². The average molecular weight is 793 g/mol. The molecule has 2 aromatic rings. The minimum Gasteiger partial charge on any atom is -0.434 e. The van der Waals surface area contributed by atoms with Crippen molar-refractivity contribution in [1.29, 1.82) is 0 Å². The predicted molar refractivity (Wildman–Crippen MR) is 216 cm³/mol. The highest BCUT2D eigenvalue weighted by molar-refractivity contribution is 7.46. The summed E-state index contributed by atoms with van der Waals surface area (Å²) in [7, 11) is 1.55. The molecular formula is C41H67N3O10P+. The predicted octanol–water partition coefficient (Wildman–Crippen LogP) is 10.3. The molecule has 0 fully saturated rings. The molecular weight excluding hydrogens is 725 g/mol. The van der Waals surface area contributed by atoms with Gasteiger partial charge in [-0.05, 0) is 61.9 Å². The van der Waals surface area contributed by atoms with Crippen LogP contribution >= 0.6 is 7.82 Å². The molecule has 0 spiro atoms. The minimum atomic E-state index is -4.46. The van der Waals surface area contributed by atoms with Crippen LogP contribution in [0.25, 0.3) is 0 Å². The number of amides is 1. The molecule has 0 heterocycles. The van der Waals surface area contributed by atoms with Gasteiger partial charge in [-0.15, -0.1) is 0 Å². The van der Waals surface area contributed by atoms with E-state index < -0.39 is 25.0 Å². The van der Waals surface area contributed by atoms with Crippen LogP contribution in [0.15, 0.2) is 48.5 Å². The highest BCUT2D eigenvalue weighted by Crippen LogP contribution is 2.39. The number of hydrogen-bond donors (Lipinski definition) is 3. The van der Waals surface area contributed by atoms with Crippen molar-refractivity contribution in [2.45, 2.75) is 141 Å². The fraction of sp³-hybridized carbons (Fsp3) is 0.659. The number of nitrogens with one attached hydrogen (secondary N) is 1. The average Bonchev–Trinajstić information content (AvgIpc) is 3.10. The summed E-state index contributed by atoms with van der Waals surface area (Å²) in [5, 5.41) is 13.6. The van der Waals surface area contributed by atoms with Crippen LogP contribution in [0.3, 0.4) is 0 Å². The molecule has 0 bridgehead atoms. The quantitative estimate of drug-likeness (QED) is 0.0127. The second-order valence-corrected chi connectivity index (χ2v) is 16.7. The molecule has 0 aromatic heterocycles. The van der Waals surface area contributed by atoms with Crippen molar-refractivity contribution in [3.05, 3.63) is 64.2 Å². The number of non-ortho nitro benzene ring substituents is 1. The van der Waals surface area contributed by atoms with Crippen molar-refractivity contribution >= 4 is 31.3 Å². The molecule has 2 aromatic carbocycles. The number of rotatable bonds is 31. The summed E-state index contributed by atoms with van der Waals surface area (Å²) in [5.74, 6) is 0.0532. The number of nitro benzene ring substituents is 1. The summed E-state index contributed by atoms with van der Waals surface area (Å²) in [6.07, 6.45) is 21.6. The smallest absolute Gasteiger partial charge is 0.434 e. The summed E-state index contributed by atoms with van der Waals surface area (Å²) in [6.45, 7) is 0.686. The van der Waals surface area contributed by atoms with E-state index in [0.29, 0.717) is 36.7 Å². The zero-order valence-electron chi connectivity index (χ0n) is 33.5. The summed E-state index contributed by atoms with van der Waals surface area (Å²) in [5.41, 5.74) is 1.93. The number of likely N-dealkylation sites (N-methyl/N-ethyl adjacent to an activating group) is 1. The number of nitro groups is 1. The van der Waals surface area contributed by atoms with Gasteiger partial charge < -0.3 is 29.1 Å². The molecule has 0 aliphatic heterocycles. The Labute approximate surface area is 328 Å². The Balaban J connectivity index is 1.37. The van der Waals surface area contributed by atoms with Crippen LogP contribution < -0.4 is 10.1 Å². The first-order valence-electron chi connectivity index (χ1n) is 20.2. The van der Waals surface area contributed by atoms with Crippen molar-refractivity contribution in [1.82, 2.24) is 0 Å². The van der Waals surface area contributed by atoms with Crippen molar-refractivity contribution in [3.63, 3.8) is 0 Å². The number of unbranched alkanes of at least 4 members (excludes halogenated alkanes) is 16. The lowest BCUT2D eigenvalue weighted by molar-refractivity contribution is -0.873. The number of nitrogens with zero attached hydrogens (tertiary/aromatic N) is 2. The number of benzene rings is 2. The van der Waals surface area contributed by atoms with Gasteiger partial charge in [-0.2, -0.15) is 0 Å². The molecule has 14 heteroatoms. The molecule has 1 amide bonds. The Morgan fingerprint density at radius 3 is 1.75 bits per heavy atom. The normalized spacial score (nSPS) is 12.3. The molecule has 0 saturated carbocycles. The monoisotopic (exact) mass is 792 g/mol. The number of ether oxygens (including phenoxy) is 2. The molecule has 13 nitrogen and oxygen atoms in total. The van der Waals surface area contributed by atoms with Gasteiger partial charge in [-0.25, -0.2) is 9.36 Å². The molecule has 3 N–H and O–H groups in total. The van der Waals surface area contributed by atoms with E-state index in [1.165, 1.54) is 113 Å². The Hall–Kier alpha value is -3.35. The van der Waals surface area contributed by atoms with Gasteiger partial charge in [-0.3, -0.25) is 19.4 Å². The molecule has 1 atom stereocenters. The highest BCUT2D eigenvalue weighted by Gasteiger charge is 2.26.